The van der Waals surface area contributed by atoms with Crippen molar-refractivity contribution in [1.82, 2.24) is 10.3 Å². The summed E-state index contributed by atoms with van der Waals surface area (Å²) >= 11 is 0. The Balaban J connectivity index is 0.000000616. The molecule has 3 aromatic carbocycles. The van der Waals surface area contributed by atoms with Crippen LogP contribution in [0.5, 0.6) is 0 Å². The van der Waals surface area contributed by atoms with E-state index in [1.165, 1.54) is 37.7 Å². The molecule has 42 heavy (non-hydrogen) atoms. The van der Waals surface area contributed by atoms with Crippen LogP contribution in [-0.2, 0) is 24.1 Å². The summed E-state index contributed by atoms with van der Waals surface area (Å²) in [5.74, 6) is -4.51. The van der Waals surface area contributed by atoms with Crippen LogP contribution in [0.2, 0.25) is 0 Å². The summed E-state index contributed by atoms with van der Waals surface area (Å²) in [5, 5.41) is 14.0. The molecule has 0 aliphatic carbocycles. The number of nitrogens with one attached hydrogen (secondary N) is 1. The molecule has 7 heteroatoms. The lowest BCUT2D eigenvalue weighted by Crippen LogP contribution is -2.43. The normalized spacial score (nSPS) is 11.5. The molecule has 0 spiro atoms. The van der Waals surface area contributed by atoms with Gasteiger partial charge in [-0.1, -0.05) is 95.3 Å². The van der Waals surface area contributed by atoms with Gasteiger partial charge >= 0.3 is 5.97 Å². The molecular weight excluding hydrogens is 534 g/mol. The van der Waals surface area contributed by atoms with Crippen molar-refractivity contribution >= 4 is 22.6 Å². The van der Waals surface area contributed by atoms with Crippen LogP contribution in [0.1, 0.15) is 85.5 Å². The van der Waals surface area contributed by atoms with Gasteiger partial charge in [-0.15, -0.1) is 0 Å². The topological polar surface area (TPSA) is 79.3 Å². The monoisotopic (exact) mass is 574 g/mol. The minimum absolute atomic E-state index is 0.0394. The van der Waals surface area contributed by atoms with Crippen LogP contribution in [0, 0.1) is 11.6 Å². The number of carboxylic acids is 1. The zero-order valence-electron chi connectivity index (χ0n) is 24.6. The lowest BCUT2D eigenvalue weighted by Gasteiger charge is -2.16. The van der Waals surface area contributed by atoms with E-state index in [-0.39, 0.29) is 6.42 Å². The Morgan fingerprint density at radius 1 is 0.857 bits per heavy atom. The number of hydrogen-bond donors (Lipinski definition) is 2. The Morgan fingerprint density at radius 2 is 1.52 bits per heavy atom. The van der Waals surface area contributed by atoms with Crippen LogP contribution in [0.15, 0.2) is 73.1 Å². The van der Waals surface area contributed by atoms with E-state index < -0.39 is 35.1 Å². The van der Waals surface area contributed by atoms with E-state index in [9.17, 15) is 23.5 Å². The molecule has 0 fully saturated rings. The van der Waals surface area contributed by atoms with Gasteiger partial charge in [0.05, 0.1) is 0 Å². The minimum Gasteiger partial charge on any atom is -0.480 e. The number of amides is 1. The summed E-state index contributed by atoms with van der Waals surface area (Å²) in [5.41, 5.74) is 3.17. The highest BCUT2D eigenvalue weighted by Gasteiger charge is 2.25. The molecule has 4 aromatic rings. The fraction of sp³-hybridized carbons (Fsp3) is 0.343. The molecule has 5 nitrogen and oxygen atoms in total. The van der Waals surface area contributed by atoms with Gasteiger partial charge < -0.3 is 10.4 Å². The van der Waals surface area contributed by atoms with Gasteiger partial charge in [-0.05, 0) is 58.7 Å². The first-order chi connectivity index (χ1) is 20.3. The maximum atomic E-state index is 14.0. The first-order valence-corrected chi connectivity index (χ1v) is 14.7. The Morgan fingerprint density at radius 3 is 2.17 bits per heavy atom. The molecule has 1 unspecified atom stereocenters. The maximum absolute atomic E-state index is 14.0. The number of carboxylic acid groups (broad SMARTS) is 1. The van der Waals surface area contributed by atoms with Crippen LogP contribution in [0.3, 0.4) is 0 Å². The Hall–Kier alpha value is -4.13. The zero-order valence-corrected chi connectivity index (χ0v) is 24.6. The highest BCUT2D eigenvalue weighted by atomic mass is 19.1. The van der Waals surface area contributed by atoms with Gasteiger partial charge in [-0.3, -0.25) is 9.78 Å². The van der Waals surface area contributed by atoms with Gasteiger partial charge in [0.25, 0.3) is 5.91 Å². The van der Waals surface area contributed by atoms with Crippen molar-refractivity contribution in [2.75, 3.05) is 0 Å². The number of fused-ring (bicyclic) bond motifs is 1. The molecule has 0 aliphatic rings. The SMILES string of the molecule is CCCCCCC.CCc1cc(Cc2cccc(CC(NC(=O)c3c(F)cccc3F)C(=O)O)c2)c2cnccc2c1. The third kappa shape index (κ3) is 9.20. The molecule has 0 bridgehead atoms. The number of aliphatic carboxylic acids is 1. The van der Waals surface area contributed by atoms with Crippen LogP contribution in [0.25, 0.3) is 10.8 Å². The average Bonchev–Trinajstić information content (AvgIpc) is 2.97. The third-order valence-corrected chi connectivity index (χ3v) is 7.14. The fourth-order valence-corrected chi connectivity index (χ4v) is 4.84. The summed E-state index contributed by atoms with van der Waals surface area (Å²) in [6.07, 6.45) is 12.1. The van der Waals surface area contributed by atoms with Crippen LogP contribution >= 0.6 is 0 Å². The molecule has 0 aliphatic heterocycles. The molecule has 0 saturated carbocycles. The quantitative estimate of drug-likeness (QED) is 0.168. The van der Waals surface area contributed by atoms with Gasteiger partial charge in [0.2, 0.25) is 0 Å². The van der Waals surface area contributed by atoms with Crippen molar-refractivity contribution in [3.05, 3.63) is 113 Å². The van der Waals surface area contributed by atoms with Crippen molar-refractivity contribution in [2.24, 2.45) is 0 Å². The number of nitrogens with zero attached hydrogens (tertiary/aromatic N) is 1. The minimum atomic E-state index is -1.36. The second kappa shape index (κ2) is 16.3. The number of aryl methyl sites for hydroxylation is 1. The van der Waals surface area contributed by atoms with Crippen LogP contribution in [0.4, 0.5) is 8.78 Å². The smallest absolute Gasteiger partial charge is 0.326 e. The Bertz CT molecular complexity index is 1460. The Labute approximate surface area is 247 Å². The third-order valence-electron chi connectivity index (χ3n) is 7.14. The molecule has 1 heterocycles. The van der Waals surface area contributed by atoms with E-state index in [4.69, 9.17) is 0 Å². The summed E-state index contributed by atoms with van der Waals surface area (Å²) < 4.78 is 27.9. The first-order valence-electron chi connectivity index (χ1n) is 14.7. The predicted molar refractivity (Wildman–Crippen MR) is 164 cm³/mol. The molecular formula is C35H40F2N2O3. The molecule has 0 radical (unpaired) electrons. The van der Waals surface area contributed by atoms with Gasteiger partial charge in [0.1, 0.15) is 23.2 Å². The standard InChI is InChI=1S/C28H24F2N2O3.C7H16/c1-2-17-12-20-9-10-31-16-22(20)21(13-17)14-18-5-3-6-19(11-18)15-25(28(34)35)32-27(33)26-23(29)7-4-8-24(26)30;1-3-5-7-6-4-2/h3-13,16,25H,2,14-15H2,1H3,(H,32,33)(H,34,35);3-7H2,1-2H3. The number of unbranched alkanes of at least 4 members (excludes halogenated alkanes) is 4. The van der Waals surface area contributed by atoms with Crippen molar-refractivity contribution in [3.8, 4) is 0 Å². The number of carbonyl (C=O) groups is 2. The number of carbonyl (C=O) groups excluding carboxylic acids is 1. The van der Waals surface area contributed by atoms with Gasteiger partial charge in [-0.2, -0.15) is 0 Å². The first kappa shape index (κ1) is 32.4. The number of halogens is 2. The number of pyridine rings is 1. The molecule has 1 aromatic heterocycles. The van der Waals surface area contributed by atoms with Gasteiger partial charge in [-0.25, -0.2) is 13.6 Å². The number of hydrogen-bond acceptors (Lipinski definition) is 3. The van der Waals surface area contributed by atoms with Gasteiger partial charge in [0.15, 0.2) is 0 Å². The second-order valence-corrected chi connectivity index (χ2v) is 10.4. The second-order valence-electron chi connectivity index (χ2n) is 10.4. The summed E-state index contributed by atoms with van der Waals surface area (Å²) in [4.78, 5) is 28.5. The zero-order chi connectivity index (χ0) is 30.5. The Kier molecular flexibility index (Phi) is 12.6. The summed E-state index contributed by atoms with van der Waals surface area (Å²) in [7, 11) is 0. The molecule has 222 valence electrons. The molecule has 0 saturated heterocycles. The maximum Gasteiger partial charge on any atom is 0.326 e. The van der Waals surface area contributed by atoms with E-state index in [2.05, 4.69) is 43.2 Å². The molecule has 1 amide bonds. The largest absolute Gasteiger partial charge is 0.480 e. The molecule has 4 rings (SSSR count). The number of rotatable bonds is 12. The van der Waals surface area contributed by atoms with E-state index in [0.717, 1.165) is 46.5 Å². The van der Waals surface area contributed by atoms with Crippen molar-refractivity contribution in [3.63, 3.8) is 0 Å². The highest BCUT2D eigenvalue weighted by molar-refractivity contribution is 5.97. The molecule has 2 N–H and O–H groups in total. The van der Waals surface area contributed by atoms with Crippen LogP contribution in [-0.4, -0.2) is 28.0 Å². The number of aromatic nitrogens is 1. The predicted octanol–water partition coefficient (Wildman–Crippen LogP) is 8.07. The lowest BCUT2D eigenvalue weighted by atomic mass is 9.94. The summed E-state index contributed by atoms with van der Waals surface area (Å²) in [6, 6.07) is 15.4. The van der Waals surface area contributed by atoms with Gasteiger partial charge in [0, 0.05) is 24.2 Å². The summed E-state index contributed by atoms with van der Waals surface area (Å²) in [6.45, 7) is 6.59. The van der Waals surface area contributed by atoms with Crippen molar-refractivity contribution < 1.29 is 23.5 Å². The lowest BCUT2D eigenvalue weighted by molar-refractivity contribution is -0.139. The number of benzene rings is 3. The fourth-order valence-electron chi connectivity index (χ4n) is 4.84. The van der Waals surface area contributed by atoms with Crippen molar-refractivity contribution in [1.29, 1.82) is 0 Å². The van der Waals surface area contributed by atoms with E-state index in [1.807, 2.05) is 30.5 Å². The van der Waals surface area contributed by atoms with Crippen molar-refractivity contribution in [2.45, 2.75) is 78.2 Å². The highest BCUT2D eigenvalue weighted by Crippen LogP contribution is 2.24. The molecule has 1 atom stereocenters. The van der Waals surface area contributed by atoms with E-state index >= 15 is 0 Å². The van der Waals surface area contributed by atoms with Crippen LogP contribution < -0.4 is 5.32 Å². The van der Waals surface area contributed by atoms with E-state index in [0.29, 0.717) is 12.0 Å². The van der Waals surface area contributed by atoms with E-state index in [1.54, 1.807) is 12.3 Å². The average molecular weight is 575 g/mol.